The van der Waals surface area contributed by atoms with Crippen LogP contribution in [0.1, 0.15) is 10.4 Å². The molecule has 1 aromatic heterocycles. The van der Waals surface area contributed by atoms with Crippen LogP contribution in [0.2, 0.25) is 0 Å². The van der Waals surface area contributed by atoms with E-state index in [4.69, 9.17) is 18.0 Å². The van der Waals surface area contributed by atoms with Crippen molar-refractivity contribution in [2.75, 3.05) is 13.6 Å². The average molecular weight is 212 g/mol. The van der Waals surface area contributed by atoms with Crippen molar-refractivity contribution < 1.29 is 4.79 Å². The Labute approximate surface area is 87.5 Å². The standard InChI is InChI=1S/C8H12N4OS/c1-11(5-7(9)14)8(13)6-3-10-12(2)4-6/h3-4H,5H2,1-2H3,(H2,9,14). The lowest BCUT2D eigenvalue weighted by Gasteiger charge is -2.14. The van der Waals surface area contributed by atoms with E-state index in [0.29, 0.717) is 10.6 Å². The molecule has 0 saturated carbocycles. The van der Waals surface area contributed by atoms with E-state index in [0.717, 1.165) is 0 Å². The Morgan fingerprint density at radius 3 is 2.86 bits per heavy atom. The van der Waals surface area contributed by atoms with Gasteiger partial charge in [0.05, 0.1) is 23.3 Å². The lowest BCUT2D eigenvalue weighted by molar-refractivity contribution is 0.0815. The highest BCUT2D eigenvalue weighted by molar-refractivity contribution is 7.80. The highest BCUT2D eigenvalue weighted by Gasteiger charge is 2.13. The lowest BCUT2D eigenvalue weighted by Crippen LogP contribution is -2.34. The molecule has 1 heterocycles. The minimum atomic E-state index is -0.133. The van der Waals surface area contributed by atoms with Crippen LogP contribution in [0.15, 0.2) is 12.4 Å². The number of aryl methyl sites for hydroxylation is 1. The van der Waals surface area contributed by atoms with Gasteiger partial charge in [0.2, 0.25) is 0 Å². The molecule has 1 rings (SSSR count). The fourth-order valence-corrected chi connectivity index (χ4v) is 1.25. The number of hydrogen-bond donors (Lipinski definition) is 1. The smallest absolute Gasteiger partial charge is 0.257 e. The summed E-state index contributed by atoms with van der Waals surface area (Å²) in [7, 11) is 3.40. The molecular weight excluding hydrogens is 200 g/mol. The van der Waals surface area contributed by atoms with Crippen LogP contribution in [-0.2, 0) is 7.05 Å². The fraction of sp³-hybridized carbons (Fsp3) is 0.375. The Bertz CT molecular complexity index is 360. The number of nitrogens with zero attached hydrogens (tertiary/aromatic N) is 3. The molecule has 0 aliphatic carbocycles. The van der Waals surface area contributed by atoms with Gasteiger partial charge in [0.15, 0.2) is 0 Å². The van der Waals surface area contributed by atoms with Crippen LogP contribution in [0, 0.1) is 0 Å². The van der Waals surface area contributed by atoms with Gasteiger partial charge < -0.3 is 10.6 Å². The molecule has 0 saturated heterocycles. The third kappa shape index (κ3) is 2.53. The molecule has 0 aliphatic heterocycles. The number of likely N-dealkylation sites (N-methyl/N-ethyl adjacent to an activating group) is 1. The van der Waals surface area contributed by atoms with Crippen molar-refractivity contribution in [3.8, 4) is 0 Å². The molecule has 1 aromatic rings. The van der Waals surface area contributed by atoms with Gasteiger partial charge in [-0.1, -0.05) is 12.2 Å². The first-order chi connectivity index (χ1) is 6.50. The summed E-state index contributed by atoms with van der Waals surface area (Å²) < 4.78 is 1.57. The zero-order chi connectivity index (χ0) is 10.7. The van der Waals surface area contributed by atoms with E-state index in [1.165, 1.54) is 11.1 Å². The summed E-state index contributed by atoms with van der Waals surface area (Å²) >= 11 is 4.71. The van der Waals surface area contributed by atoms with Crippen molar-refractivity contribution in [1.29, 1.82) is 0 Å². The second-order valence-corrected chi connectivity index (χ2v) is 3.55. The molecule has 0 spiro atoms. The van der Waals surface area contributed by atoms with Crippen LogP contribution in [0.25, 0.3) is 0 Å². The van der Waals surface area contributed by atoms with Crippen LogP contribution in [0.5, 0.6) is 0 Å². The van der Waals surface area contributed by atoms with Crippen LogP contribution in [0.4, 0.5) is 0 Å². The van der Waals surface area contributed by atoms with Gasteiger partial charge in [0.1, 0.15) is 0 Å². The summed E-state index contributed by atoms with van der Waals surface area (Å²) in [5.41, 5.74) is 5.86. The van der Waals surface area contributed by atoms with Crippen molar-refractivity contribution in [3.63, 3.8) is 0 Å². The van der Waals surface area contributed by atoms with Gasteiger partial charge in [0, 0.05) is 20.3 Å². The number of thiocarbonyl (C=S) groups is 1. The van der Waals surface area contributed by atoms with E-state index in [9.17, 15) is 4.79 Å². The van der Waals surface area contributed by atoms with Crippen molar-refractivity contribution in [2.45, 2.75) is 0 Å². The second kappa shape index (κ2) is 4.19. The van der Waals surface area contributed by atoms with E-state index < -0.39 is 0 Å². The summed E-state index contributed by atoms with van der Waals surface area (Å²) in [6.45, 7) is 0.281. The number of carbonyl (C=O) groups is 1. The zero-order valence-corrected chi connectivity index (χ0v) is 8.91. The maximum absolute atomic E-state index is 11.7. The van der Waals surface area contributed by atoms with Crippen molar-refractivity contribution >= 4 is 23.1 Å². The van der Waals surface area contributed by atoms with Crippen molar-refractivity contribution in [2.24, 2.45) is 12.8 Å². The van der Waals surface area contributed by atoms with E-state index in [-0.39, 0.29) is 12.5 Å². The molecule has 6 heteroatoms. The molecular formula is C8H12N4OS. The van der Waals surface area contributed by atoms with Gasteiger partial charge in [-0.25, -0.2) is 0 Å². The topological polar surface area (TPSA) is 64.2 Å². The number of amides is 1. The Hall–Kier alpha value is -1.43. The number of nitrogens with two attached hydrogens (primary N) is 1. The lowest BCUT2D eigenvalue weighted by atomic mass is 10.3. The Morgan fingerprint density at radius 2 is 2.43 bits per heavy atom. The third-order valence-corrected chi connectivity index (χ3v) is 1.82. The number of carbonyl (C=O) groups excluding carboxylic acids is 1. The third-order valence-electron chi connectivity index (χ3n) is 1.69. The maximum Gasteiger partial charge on any atom is 0.257 e. The Balaban J connectivity index is 2.70. The molecule has 0 radical (unpaired) electrons. The number of hydrogen-bond acceptors (Lipinski definition) is 3. The molecule has 14 heavy (non-hydrogen) atoms. The van der Waals surface area contributed by atoms with Gasteiger partial charge in [0.25, 0.3) is 5.91 Å². The van der Waals surface area contributed by atoms with Gasteiger partial charge >= 0.3 is 0 Å². The van der Waals surface area contributed by atoms with Gasteiger partial charge in [-0.05, 0) is 0 Å². The van der Waals surface area contributed by atoms with Crippen LogP contribution in [0.3, 0.4) is 0 Å². The van der Waals surface area contributed by atoms with Crippen LogP contribution < -0.4 is 5.73 Å². The molecule has 1 amide bonds. The normalized spacial score (nSPS) is 9.86. The molecule has 0 atom stereocenters. The highest BCUT2D eigenvalue weighted by atomic mass is 32.1. The number of aromatic nitrogens is 2. The maximum atomic E-state index is 11.7. The van der Waals surface area contributed by atoms with Gasteiger partial charge in [-0.2, -0.15) is 5.10 Å². The molecule has 5 nitrogen and oxygen atoms in total. The Morgan fingerprint density at radius 1 is 1.79 bits per heavy atom. The largest absolute Gasteiger partial charge is 0.392 e. The van der Waals surface area contributed by atoms with Gasteiger partial charge in [-0.3, -0.25) is 9.48 Å². The molecule has 0 unspecified atom stereocenters. The average Bonchev–Trinajstić information content (AvgIpc) is 2.49. The fourth-order valence-electron chi connectivity index (χ4n) is 1.06. The molecule has 0 bridgehead atoms. The summed E-state index contributed by atoms with van der Waals surface area (Å²) in [5.74, 6) is -0.133. The second-order valence-electron chi connectivity index (χ2n) is 3.03. The highest BCUT2D eigenvalue weighted by Crippen LogP contribution is 2.00. The summed E-state index contributed by atoms with van der Waals surface area (Å²) in [4.78, 5) is 13.4. The minimum Gasteiger partial charge on any atom is -0.392 e. The molecule has 0 aromatic carbocycles. The summed E-state index contributed by atoms with van der Waals surface area (Å²) in [6.07, 6.45) is 3.16. The van der Waals surface area contributed by atoms with Crippen LogP contribution >= 0.6 is 12.2 Å². The first-order valence-corrected chi connectivity index (χ1v) is 4.44. The van der Waals surface area contributed by atoms with Crippen molar-refractivity contribution in [3.05, 3.63) is 18.0 Å². The summed E-state index contributed by atoms with van der Waals surface area (Å²) in [6, 6.07) is 0. The van der Waals surface area contributed by atoms with Crippen molar-refractivity contribution in [1.82, 2.24) is 14.7 Å². The SMILES string of the molecule is CN(CC(N)=S)C(=O)c1cnn(C)c1. The summed E-state index contributed by atoms with van der Waals surface area (Å²) in [5, 5.41) is 3.90. The molecule has 76 valence electrons. The first-order valence-electron chi connectivity index (χ1n) is 4.03. The molecule has 0 fully saturated rings. The zero-order valence-electron chi connectivity index (χ0n) is 8.10. The Kier molecular flexibility index (Phi) is 3.19. The first kappa shape index (κ1) is 10.6. The molecule has 2 N–H and O–H groups in total. The van der Waals surface area contributed by atoms with E-state index >= 15 is 0 Å². The monoisotopic (exact) mass is 212 g/mol. The molecule has 0 aliphatic rings. The van der Waals surface area contributed by atoms with E-state index in [1.807, 2.05) is 0 Å². The number of rotatable bonds is 3. The predicted molar refractivity (Wildman–Crippen MR) is 57.0 cm³/mol. The van der Waals surface area contributed by atoms with Crippen LogP contribution in [-0.4, -0.2) is 39.2 Å². The van der Waals surface area contributed by atoms with E-state index in [2.05, 4.69) is 5.10 Å². The van der Waals surface area contributed by atoms with Gasteiger partial charge in [-0.15, -0.1) is 0 Å². The minimum absolute atomic E-state index is 0.133. The van der Waals surface area contributed by atoms with E-state index in [1.54, 1.807) is 25.0 Å². The quantitative estimate of drug-likeness (QED) is 0.703. The predicted octanol–water partition coefficient (Wildman–Crippen LogP) is -0.222.